The fraction of sp³-hybridized carbons (Fsp3) is 0.111. The van der Waals surface area contributed by atoms with E-state index in [1.165, 1.54) is 46.3 Å². The molecule has 8 heteroatoms. The van der Waals surface area contributed by atoms with Gasteiger partial charge in [0.15, 0.2) is 0 Å². The summed E-state index contributed by atoms with van der Waals surface area (Å²) >= 11 is 1.63. The maximum atomic E-state index is 12.8. The number of hydrogen-bond donors (Lipinski definition) is 1. The predicted molar refractivity (Wildman–Crippen MR) is 143 cm³/mol. The fourth-order valence-corrected chi connectivity index (χ4v) is 5.99. The van der Waals surface area contributed by atoms with Gasteiger partial charge in [0, 0.05) is 29.9 Å². The van der Waals surface area contributed by atoms with E-state index in [9.17, 15) is 13.2 Å². The number of carbonyl (C=O) groups excluding carboxylic acids is 1. The lowest BCUT2D eigenvalue weighted by molar-refractivity contribution is 0.102. The summed E-state index contributed by atoms with van der Waals surface area (Å²) in [5, 5.41) is 3.77. The summed E-state index contributed by atoms with van der Waals surface area (Å²) in [6.07, 6.45) is 3.04. The van der Waals surface area contributed by atoms with Crippen LogP contribution in [0.5, 0.6) is 0 Å². The van der Waals surface area contributed by atoms with Crippen molar-refractivity contribution in [2.24, 2.45) is 0 Å². The summed E-state index contributed by atoms with van der Waals surface area (Å²) in [5.41, 5.74) is 4.13. The second kappa shape index (κ2) is 10.4. The van der Waals surface area contributed by atoms with Crippen LogP contribution in [0.4, 0.5) is 5.69 Å². The van der Waals surface area contributed by atoms with E-state index in [0.29, 0.717) is 11.3 Å². The summed E-state index contributed by atoms with van der Waals surface area (Å²) in [6.45, 7) is 9.61. The Balaban J connectivity index is 1.46. The topological polar surface area (TPSA) is 79.4 Å². The highest BCUT2D eigenvalue weighted by molar-refractivity contribution is 7.89. The van der Waals surface area contributed by atoms with Gasteiger partial charge >= 0.3 is 0 Å². The summed E-state index contributed by atoms with van der Waals surface area (Å²) in [7, 11) is -3.72. The van der Waals surface area contributed by atoms with Crippen molar-refractivity contribution in [1.82, 2.24) is 9.29 Å². The average molecular weight is 504 g/mol. The minimum Gasteiger partial charge on any atom is -0.322 e. The van der Waals surface area contributed by atoms with Crippen molar-refractivity contribution >= 4 is 43.2 Å². The monoisotopic (exact) mass is 503 g/mol. The highest BCUT2D eigenvalue weighted by Crippen LogP contribution is 2.31. The predicted octanol–water partition coefficient (Wildman–Crippen LogP) is 5.89. The van der Waals surface area contributed by atoms with Gasteiger partial charge in [0.2, 0.25) is 10.0 Å². The first kappa shape index (κ1) is 24.5. The summed E-state index contributed by atoms with van der Waals surface area (Å²) in [5.74, 6) is -0.328. The standard InChI is InChI=1S/C27H25N3O3S2/c1-4-16-30(17-5-2)35(32,33)23-13-9-20(10-14-23)26(31)28-22-11-7-21(8-12-22)27-29-24-15-6-19(3)18-25(24)34-27/h4-15,18H,1-2,16-17H2,3H3,(H,28,31). The van der Waals surface area contributed by atoms with Gasteiger partial charge in [0.05, 0.1) is 15.1 Å². The van der Waals surface area contributed by atoms with E-state index in [0.717, 1.165) is 20.8 Å². The number of nitrogens with one attached hydrogen (secondary N) is 1. The number of hydrogen-bond acceptors (Lipinski definition) is 5. The molecule has 0 saturated carbocycles. The zero-order valence-corrected chi connectivity index (χ0v) is 20.9. The van der Waals surface area contributed by atoms with Gasteiger partial charge in [-0.1, -0.05) is 18.2 Å². The smallest absolute Gasteiger partial charge is 0.255 e. The van der Waals surface area contributed by atoms with Crippen molar-refractivity contribution in [2.75, 3.05) is 18.4 Å². The van der Waals surface area contributed by atoms with Crippen LogP contribution in [0.25, 0.3) is 20.8 Å². The van der Waals surface area contributed by atoms with E-state index in [1.807, 2.05) is 36.4 Å². The maximum absolute atomic E-state index is 12.8. The first-order valence-electron chi connectivity index (χ1n) is 10.9. The SMILES string of the molecule is C=CCN(CC=C)S(=O)(=O)c1ccc(C(=O)Nc2ccc(-c3nc4ccc(C)cc4s3)cc2)cc1. The van der Waals surface area contributed by atoms with Gasteiger partial charge in [-0.05, 0) is 73.2 Å². The molecule has 178 valence electrons. The Kier molecular flexibility index (Phi) is 7.25. The number of fused-ring (bicyclic) bond motifs is 1. The number of thiazole rings is 1. The van der Waals surface area contributed by atoms with Gasteiger partial charge in [0.1, 0.15) is 5.01 Å². The van der Waals surface area contributed by atoms with E-state index < -0.39 is 10.0 Å². The summed E-state index contributed by atoms with van der Waals surface area (Å²) in [6, 6.07) is 19.5. The second-order valence-electron chi connectivity index (χ2n) is 7.95. The zero-order chi connectivity index (χ0) is 25.0. The minimum absolute atomic E-state index is 0.105. The molecule has 35 heavy (non-hydrogen) atoms. The third-order valence-electron chi connectivity index (χ3n) is 5.35. The normalized spacial score (nSPS) is 11.5. The van der Waals surface area contributed by atoms with Gasteiger partial charge < -0.3 is 5.32 Å². The van der Waals surface area contributed by atoms with E-state index in [-0.39, 0.29) is 23.9 Å². The Bertz CT molecular complexity index is 1480. The molecule has 0 aliphatic heterocycles. The Morgan fingerprint density at radius 1 is 1.00 bits per heavy atom. The van der Waals surface area contributed by atoms with Gasteiger partial charge in [-0.3, -0.25) is 4.79 Å². The molecule has 6 nitrogen and oxygen atoms in total. The third-order valence-corrected chi connectivity index (χ3v) is 8.27. The molecular weight excluding hydrogens is 478 g/mol. The Morgan fingerprint density at radius 3 is 2.29 bits per heavy atom. The van der Waals surface area contributed by atoms with E-state index in [4.69, 9.17) is 4.98 Å². The molecule has 4 aromatic rings. The lowest BCUT2D eigenvalue weighted by Gasteiger charge is -2.19. The van der Waals surface area contributed by atoms with E-state index in [1.54, 1.807) is 11.3 Å². The minimum atomic E-state index is -3.72. The molecule has 0 unspecified atom stereocenters. The average Bonchev–Trinajstić information content (AvgIpc) is 3.27. The zero-order valence-electron chi connectivity index (χ0n) is 19.3. The number of sulfonamides is 1. The van der Waals surface area contributed by atoms with Crippen molar-refractivity contribution in [3.05, 3.63) is 103 Å². The van der Waals surface area contributed by atoms with Crippen molar-refractivity contribution in [3.63, 3.8) is 0 Å². The highest BCUT2D eigenvalue weighted by atomic mass is 32.2. The Labute approximate surface area is 209 Å². The van der Waals surface area contributed by atoms with Crippen LogP contribution >= 0.6 is 11.3 Å². The molecule has 0 spiro atoms. The molecule has 0 bridgehead atoms. The molecule has 0 saturated heterocycles. The van der Waals surface area contributed by atoms with Crippen molar-refractivity contribution < 1.29 is 13.2 Å². The number of benzene rings is 3. The molecule has 0 atom stereocenters. The molecule has 1 aromatic heterocycles. The number of aryl methyl sites for hydroxylation is 1. The van der Waals surface area contributed by atoms with Crippen molar-refractivity contribution in [3.8, 4) is 10.6 Å². The highest BCUT2D eigenvalue weighted by Gasteiger charge is 2.22. The molecule has 1 N–H and O–H groups in total. The Hall–Kier alpha value is -3.59. The van der Waals surface area contributed by atoms with Crippen LogP contribution < -0.4 is 5.32 Å². The molecule has 1 heterocycles. The van der Waals surface area contributed by atoms with Gasteiger partial charge in [0.25, 0.3) is 5.91 Å². The molecule has 3 aromatic carbocycles. The van der Waals surface area contributed by atoms with Crippen LogP contribution in [-0.2, 0) is 10.0 Å². The van der Waals surface area contributed by atoms with Gasteiger partial charge in [-0.2, -0.15) is 4.31 Å². The van der Waals surface area contributed by atoms with Crippen LogP contribution in [0.2, 0.25) is 0 Å². The first-order chi connectivity index (χ1) is 16.8. The largest absolute Gasteiger partial charge is 0.322 e. The van der Waals surface area contributed by atoms with Crippen molar-refractivity contribution in [1.29, 1.82) is 0 Å². The van der Waals surface area contributed by atoms with Crippen molar-refractivity contribution in [2.45, 2.75) is 11.8 Å². The van der Waals surface area contributed by atoms with Crippen LogP contribution in [0, 0.1) is 6.92 Å². The number of rotatable bonds is 9. The van der Waals surface area contributed by atoms with Gasteiger partial charge in [-0.25, -0.2) is 13.4 Å². The molecule has 4 rings (SSSR count). The molecular formula is C27H25N3O3S2. The summed E-state index contributed by atoms with van der Waals surface area (Å²) < 4.78 is 28.1. The van der Waals surface area contributed by atoms with Crippen LogP contribution in [0.15, 0.2) is 96.9 Å². The molecule has 0 radical (unpaired) electrons. The van der Waals surface area contributed by atoms with E-state index >= 15 is 0 Å². The maximum Gasteiger partial charge on any atom is 0.255 e. The van der Waals surface area contributed by atoms with E-state index in [2.05, 4.69) is 31.5 Å². The summed E-state index contributed by atoms with van der Waals surface area (Å²) in [4.78, 5) is 17.5. The first-order valence-corrected chi connectivity index (χ1v) is 13.2. The third kappa shape index (κ3) is 5.40. The molecule has 0 aliphatic rings. The fourth-order valence-electron chi connectivity index (χ4n) is 3.54. The number of carbonyl (C=O) groups is 1. The molecule has 1 amide bonds. The number of amides is 1. The number of nitrogens with zero attached hydrogens (tertiary/aromatic N) is 2. The lowest BCUT2D eigenvalue weighted by atomic mass is 10.2. The van der Waals surface area contributed by atoms with Crippen LogP contribution in [0.3, 0.4) is 0 Å². The number of anilines is 1. The quantitative estimate of drug-likeness (QED) is 0.289. The van der Waals surface area contributed by atoms with Crippen LogP contribution in [-0.4, -0.2) is 36.7 Å². The number of aromatic nitrogens is 1. The van der Waals surface area contributed by atoms with Crippen LogP contribution in [0.1, 0.15) is 15.9 Å². The Morgan fingerprint density at radius 2 is 1.66 bits per heavy atom. The second-order valence-corrected chi connectivity index (χ2v) is 10.9. The lowest BCUT2D eigenvalue weighted by Crippen LogP contribution is -2.31. The van der Waals surface area contributed by atoms with Gasteiger partial charge in [-0.15, -0.1) is 24.5 Å². The molecule has 0 aliphatic carbocycles. The molecule has 0 fully saturated rings.